The Kier molecular flexibility index (Phi) is 11.3. The zero-order chi connectivity index (χ0) is 28.4. The highest BCUT2D eigenvalue weighted by Crippen LogP contribution is 2.27. The summed E-state index contributed by atoms with van der Waals surface area (Å²) >= 11 is 0. The van der Waals surface area contributed by atoms with Crippen molar-refractivity contribution in [3.63, 3.8) is 0 Å². The third kappa shape index (κ3) is 8.01. The second kappa shape index (κ2) is 14.6. The van der Waals surface area contributed by atoms with Gasteiger partial charge in [-0.1, -0.05) is 52.2 Å². The Balaban J connectivity index is 1.83. The summed E-state index contributed by atoms with van der Waals surface area (Å²) in [5.74, 6) is 1.13. The number of fused-ring (bicyclic) bond motifs is 1. The first-order chi connectivity index (χ1) is 18.8. The van der Waals surface area contributed by atoms with Crippen LogP contribution in [0.5, 0.6) is 11.5 Å². The molecule has 2 unspecified atom stereocenters. The van der Waals surface area contributed by atoms with Gasteiger partial charge in [-0.05, 0) is 55.7 Å². The van der Waals surface area contributed by atoms with Crippen LogP contribution in [0.3, 0.4) is 0 Å². The van der Waals surface area contributed by atoms with Crippen molar-refractivity contribution in [2.75, 3.05) is 20.8 Å². The molecule has 212 valence electrons. The van der Waals surface area contributed by atoms with Crippen LogP contribution in [-0.4, -0.2) is 48.1 Å². The van der Waals surface area contributed by atoms with Crippen LogP contribution in [-0.2, 0) is 17.9 Å². The van der Waals surface area contributed by atoms with E-state index in [0.717, 1.165) is 47.9 Å². The fraction of sp³-hybridized carbons (Fsp3) is 0.500. The van der Waals surface area contributed by atoms with Crippen molar-refractivity contribution in [1.29, 1.82) is 0 Å². The predicted octanol–water partition coefficient (Wildman–Crippen LogP) is 6.43. The zero-order valence-corrected chi connectivity index (χ0v) is 24.5. The summed E-state index contributed by atoms with van der Waals surface area (Å²) in [4.78, 5) is 28.7. The minimum absolute atomic E-state index is 0.0178. The molecule has 1 heterocycles. The van der Waals surface area contributed by atoms with Gasteiger partial charge in [0, 0.05) is 37.6 Å². The Morgan fingerprint density at radius 3 is 2.36 bits per heavy atom. The Bertz CT molecular complexity index is 1220. The molecule has 3 rings (SSSR count). The van der Waals surface area contributed by atoms with Gasteiger partial charge in [0.2, 0.25) is 5.91 Å². The van der Waals surface area contributed by atoms with E-state index in [0.29, 0.717) is 31.1 Å². The quantitative estimate of drug-likeness (QED) is 0.228. The zero-order valence-electron chi connectivity index (χ0n) is 24.5. The largest absolute Gasteiger partial charge is 0.497 e. The van der Waals surface area contributed by atoms with Gasteiger partial charge in [-0.15, -0.1) is 0 Å². The van der Waals surface area contributed by atoms with E-state index in [1.54, 1.807) is 19.1 Å². The molecule has 0 aliphatic rings. The van der Waals surface area contributed by atoms with Crippen LogP contribution in [0.1, 0.15) is 75.9 Å². The first-order valence-electron chi connectivity index (χ1n) is 14.3. The number of benzene rings is 2. The Morgan fingerprint density at radius 2 is 1.72 bits per heavy atom. The van der Waals surface area contributed by atoms with Crippen molar-refractivity contribution >= 4 is 22.7 Å². The molecule has 7 nitrogen and oxygen atoms in total. The maximum atomic E-state index is 13.7. The average Bonchev–Trinajstić information content (AvgIpc) is 3.30. The Hall–Kier alpha value is -3.48. The number of carbonyl (C=O) groups excluding carboxylic acids is 2. The van der Waals surface area contributed by atoms with Crippen LogP contribution in [0.25, 0.3) is 10.9 Å². The molecular formula is C32H45N3O4. The molecule has 0 saturated heterocycles. The summed E-state index contributed by atoms with van der Waals surface area (Å²) in [6, 6.07) is 15.7. The predicted molar refractivity (Wildman–Crippen MR) is 157 cm³/mol. The number of hydrogen-bond acceptors (Lipinski definition) is 4. The lowest BCUT2D eigenvalue weighted by Gasteiger charge is -2.23. The van der Waals surface area contributed by atoms with E-state index < -0.39 is 0 Å². The number of hydrogen-bond donors (Lipinski definition) is 1. The van der Waals surface area contributed by atoms with Crippen molar-refractivity contribution in [3.05, 3.63) is 59.8 Å². The monoisotopic (exact) mass is 535 g/mol. The summed E-state index contributed by atoms with van der Waals surface area (Å²) in [6.07, 6.45) is 5.35. The first-order valence-corrected chi connectivity index (χ1v) is 14.3. The second-order valence-corrected chi connectivity index (χ2v) is 10.3. The lowest BCUT2D eigenvalue weighted by molar-refractivity contribution is -0.125. The molecule has 39 heavy (non-hydrogen) atoms. The number of rotatable bonds is 15. The van der Waals surface area contributed by atoms with E-state index in [1.165, 1.54) is 6.42 Å². The van der Waals surface area contributed by atoms with Crippen LogP contribution in [0.2, 0.25) is 0 Å². The molecule has 2 aromatic carbocycles. The van der Waals surface area contributed by atoms with Gasteiger partial charge in [-0.3, -0.25) is 9.59 Å². The summed E-state index contributed by atoms with van der Waals surface area (Å²) in [7, 11) is 3.43. The van der Waals surface area contributed by atoms with E-state index in [-0.39, 0.29) is 23.8 Å². The van der Waals surface area contributed by atoms with Crippen LogP contribution in [0.4, 0.5) is 0 Å². The standard InChI is InChI=1S/C32H45N3O4/c1-7-10-11-12-26(8-2)33-31(36)23(4)21-35-29-20-28(38-6)18-15-25(29)19-30(35)32(37)34(5)22-24-13-16-27(17-14-24)39-9-3/h13-20,23,26H,7-12,21-22H2,1-6H3,(H,33,36). The maximum absolute atomic E-state index is 13.7. The van der Waals surface area contributed by atoms with E-state index in [1.807, 2.05) is 66.9 Å². The van der Waals surface area contributed by atoms with Crippen molar-refractivity contribution < 1.29 is 19.1 Å². The van der Waals surface area contributed by atoms with Gasteiger partial charge >= 0.3 is 0 Å². The molecule has 0 aliphatic heterocycles. The van der Waals surface area contributed by atoms with Gasteiger partial charge in [-0.2, -0.15) is 0 Å². The average molecular weight is 536 g/mol. The molecule has 2 atom stereocenters. The van der Waals surface area contributed by atoms with Crippen molar-refractivity contribution in [2.24, 2.45) is 5.92 Å². The van der Waals surface area contributed by atoms with Crippen LogP contribution >= 0.6 is 0 Å². The fourth-order valence-electron chi connectivity index (χ4n) is 4.85. The van der Waals surface area contributed by atoms with Crippen molar-refractivity contribution in [3.8, 4) is 11.5 Å². The minimum atomic E-state index is -0.310. The van der Waals surface area contributed by atoms with Gasteiger partial charge in [0.05, 0.1) is 25.2 Å². The highest BCUT2D eigenvalue weighted by molar-refractivity contribution is 5.99. The third-order valence-electron chi connectivity index (χ3n) is 7.23. The SMILES string of the molecule is CCCCCC(CC)NC(=O)C(C)Cn1c(C(=O)N(C)Cc2ccc(OCC)cc2)cc2ccc(OC)cc21. The number of nitrogens with one attached hydrogen (secondary N) is 1. The number of carbonyl (C=O) groups is 2. The van der Waals surface area contributed by atoms with Crippen LogP contribution in [0.15, 0.2) is 48.5 Å². The summed E-state index contributed by atoms with van der Waals surface area (Å²) in [6.45, 7) is 9.65. The molecule has 0 aliphatic carbocycles. The van der Waals surface area contributed by atoms with Crippen LogP contribution < -0.4 is 14.8 Å². The number of unbranched alkanes of at least 4 members (excludes halogenated alkanes) is 2. The molecule has 0 fully saturated rings. The molecule has 1 N–H and O–H groups in total. The number of amides is 2. The van der Waals surface area contributed by atoms with Gasteiger partial charge in [0.15, 0.2) is 0 Å². The summed E-state index contributed by atoms with van der Waals surface area (Å²) < 4.78 is 13.0. The second-order valence-electron chi connectivity index (χ2n) is 10.3. The van der Waals surface area contributed by atoms with E-state index in [9.17, 15) is 9.59 Å². The van der Waals surface area contributed by atoms with Gasteiger partial charge in [0.25, 0.3) is 5.91 Å². The molecular weight excluding hydrogens is 490 g/mol. The van der Waals surface area contributed by atoms with Crippen LogP contribution in [0, 0.1) is 5.92 Å². The highest BCUT2D eigenvalue weighted by atomic mass is 16.5. The number of methoxy groups -OCH3 is 1. The molecule has 0 bridgehead atoms. The summed E-state index contributed by atoms with van der Waals surface area (Å²) in [5, 5.41) is 4.18. The number of aromatic nitrogens is 1. The molecule has 2 amide bonds. The van der Waals surface area contributed by atoms with Gasteiger partial charge < -0.3 is 24.3 Å². The molecule has 0 radical (unpaired) electrons. The lowest BCUT2D eigenvalue weighted by atomic mass is 10.0. The molecule has 1 aromatic heterocycles. The third-order valence-corrected chi connectivity index (χ3v) is 7.23. The van der Waals surface area contributed by atoms with E-state index in [4.69, 9.17) is 9.47 Å². The normalized spacial score (nSPS) is 12.7. The number of ether oxygens (including phenoxy) is 2. The Labute approximate surface area is 233 Å². The lowest BCUT2D eigenvalue weighted by Crippen LogP contribution is -2.39. The van der Waals surface area contributed by atoms with Gasteiger partial charge in [-0.25, -0.2) is 0 Å². The minimum Gasteiger partial charge on any atom is -0.497 e. The number of nitrogens with zero attached hydrogens (tertiary/aromatic N) is 2. The molecule has 0 saturated carbocycles. The highest BCUT2D eigenvalue weighted by Gasteiger charge is 2.24. The Morgan fingerprint density at radius 1 is 1.00 bits per heavy atom. The van der Waals surface area contributed by atoms with E-state index in [2.05, 4.69) is 19.2 Å². The molecule has 7 heteroatoms. The smallest absolute Gasteiger partial charge is 0.270 e. The molecule has 3 aromatic rings. The van der Waals surface area contributed by atoms with Crippen molar-refractivity contribution in [2.45, 2.75) is 78.9 Å². The van der Waals surface area contributed by atoms with Crippen molar-refractivity contribution in [1.82, 2.24) is 14.8 Å². The topological polar surface area (TPSA) is 72.8 Å². The van der Waals surface area contributed by atoms with E-state index >= 15 is 0 Å². The van der Waals surface area contributed by atoms with Gasteiger partial charge in [0.1, 0.15) is 17.2 Å². The fourth-order valence-corrected chi connectivity index (χ4v) is 4.85. The first kappa shape index (κ1) is 30.1. The maximum Gasteiger partial charge on any atom is 0.270 e. The molecule has 0 spiro atoms. The summed E-state index contributed by atoms with van der Waals surface area (Å²) in [5.41, 5.74) is 2.45.